The van der Waals surface area contributed by atoms with Crippen molar-refractivity contribution in [3.05, 3.63) is 53.2 Å². The summed E-state index contributed by atoms with van der Waals surface area (Å²) in [7, 11) is 0. The van der Waals surface area contributed by atoms with Crippen LogP contribution in [0.2, 0.25) is 5.02 Å². The molecule has 0 aliphatic carbocycles. The maximum absolute atomic E-state index is 6.04. The Balaban J connectivity index is 2.19. The van der Waals surface area contributed by atoms with Gasteiger partial charge < -0.3 is 5.32 Å². The van der Waals surface area contributed by atoms with Crippen LogP contribution in [0.25, 0.3) is 0 Å². The van der Waals surface area contributed by atoms with Gasteiger partial charge in [0.1, 0.15) is 5.03 Å². The summed E-state index contributed by atoms with van der Waals surface area (Å²) >= 11 is 7.69. The first-order chi connectivity index (χ1) is 9.70. The molecular weight excluding hydrogens is 288 g/mol. The van der Waals surface area contributed by atoms with E-state index in [0.717, 1.165) is 27.9 Å². The average molecular weight is 307 g/mol. The molecule has 2 nitrogen and oxygen atoms in total. The van der Waals surface area contributed by atoms with E-state index in [0.29, 0.717) is 6.04 Å². The Morgan fingerprint density at radius 3 is 2.90 bits per heavy atom. The number of halogens is 1. The van der Waals surface area contributed by atoms with E-state index in [9.17, 15) is 0 Å². The summed E-state index contributed by atoms with van der Waals surface area (Å²) in [5.41, 5.74) is 1.23. The van der Waals surface area contributed by atoms with E-state index in [1.165, 1.54) is 5.56 Å². The Kier molecular flexibility index (Phi) is 5.89. The molecular formula is C16H19ClN2S. The van der Waals surface area contributed by atoms with Gasteiger partial charge in [0.15, 0.2) is 0 Å². The lowest BCUT2D eigenvalue weighted by Crippen LogP contribution is -2.20. The van der Waals surface area contributed by atoms with Crippen molar-refractivity contribution >= 4 is 23.4 Å². The number of hydrogen-bond acceptors (Lipinski definition) is 3. The van der Waals surface area contributed by atoms with E-state index in [4.69, 9.17) is 11.6 Å². The highest BCUT2D eigenvalue weighted by atomic mass is 35.5. The van der Waals surface area contributed by atoms with Crippen molar-refractivity contribution in [1.29, 1.82) is 0 Å². The zero-order chi connectivity index (χ0) is 14.4. The zero-order valence-electron chi connectivity index (χ0n) is 11.8. The molecule has 20 heavy (non-hydrogen) atoms. The third kappa shape index (κ3) is 4.23. The van der Waals surface area contributed by atoms with Crippen molar-refractivity contribution in [1.82, 2.24) is 10.3 Å². The van der Waals surface area contributed by atoms with Gasteiger partial charge in [-0.25, -0.2) is 4.98 Å². The van der Waals surface area contributed by atoms with Crippen molar-refractivity contribution in [2.45, 2.75) is 36.2 Å². The van der Waals surface area contributed by atoms with Crippen molar-refractivity contribution in [2.75, 3.05) is 6.54 Å². The molecule has 0 radical (unpaired) electrons. The maximum Gasteiger partial charge on any atom is 0.105 e. The van der Waals surface area contributed by atoms with Crippen LogP contribution >= 0.6 is 23.4 Å². The fraction of sp³-hybridized carbons (Fsp3) is 0.312. The minimum absolute atomic E-state index is 0.297. The predicted molar refractivity (Wildman–Crippen MR) is 86.5 cm³/mol. The molecule has 1 unspecified atom stereocenters. The first-order valence-corrected chi connectivity index (χ1v) is 8.02. The highest BCUT2D eigenvalue weighted by Gasteiger charge is 2.11. The average Bonchev–Trinajstić information content (AvgIpc) is 2.45. The number of hydrogen-bond donors (Lipinski definition) is 1. The van der Waals surface area contributed by atoms with Crippen LogP contribution in [0.15, 0.2) is 52.5 Å². The Bertz CT molecular complexity index is 560. The van der Waals surface area contributed by atoms with Crippen molar-refractivity contribution in [3.63, 3.8) is 0 Å². The van der Waals surface area contributed by atoms with E-state index in [2.05, 4.69) is 36.3 Å². The number of nitrogens with zero attached hydrogens (tertiary/aromatic N) is 1. The quantitative estimate of drug-likeness (QED) is 0.817. The summed E-state index contributed by atoms with van der Waals surface area (Å²) in [5.74, 6) is 0. The van der Waals surface area contributed by atoms with E-state index in [1.54, 1.807) is 11.8 Å². The summed E-state index contributed by atoms with van der Waals surface area (Å²) in [5, 5.41) is 5.29. The van der Waals surface area contributed by atoms with Gasteiger partial charge in [-0.2, -0.15) is 0 Å². The van der Waals surface area contributed by atoms with Gasteiger partial charge in [-0.3, -0.25) is 0 Å². The molecule has 0 aliphatic heterocycles. The van der Waals surface area contributed by atoms with E-state index >= 15 is 0 Å². The largest absolute Gasteiger partial charge is 0.310 e. The second-order valence-corrected chi connectivity index (χ2v) is 6.13. The van der Waals surface area contributed by atoms with Crippen molar-refractivity contribution in [3.8, 4) is 0 Å². The summed E-state index contributed by atoms with van der Waals surface area (Å²) in [6, 6.07) is 12.3. The van der Waals surface area contributed by atoms with Crippen LogP contribution in [0.5, 0.6) is 0 Å². The van der Waals surface area contributed by atoms with Crippen LogP contribution in [-0.2, 0) is 0 Å². The molecule has 2 aromatic rings. The fourth-order valence-corrected chi connectivity index (χ4v) is 3.22. The van der Waals surface area contributed by atoms with Gasteiger partial charge in [-0.1, -0.05) is 42.4 Å². The number of pyridine rings is 1. The fourth-order valence-electron chi connectivity index (χ4n) is 1.93. The highest BCUT2D eigenvalue weighted by Crippen LogP contribution is 2.32. The van der Waals surface area contributed by atoms with Crippen molar-refractivity contribution < 1.29 is 0 Å². The molecule has 4 heteroatoms. The molecule has 0 bridgehead atoms. The maximum atomic E-state index is 6.04. The molecule has 1 aromatic heterocycles. The van der Waals surface area contributed by atoms with Crippen LogP contribution in [0.4, 0.5) is 0 Å². The van der Waals surface area contributed by atoms with Crippen molar-refractivity contribution in [2.24, 2.45) is 0 Å². The Morgan fingerprint density at radius 2 is 2.15 bits per heavy atom. The number of aromatic nitrogens is 1. The second kappa shape index (κ2) is 7.67. The SMILES string of the molecule is CCCNC(C)c1cccnc1Sc1cccc(Cl)c1. The molecule has 1 atom stereocenters. The lowest BCUT2D eigenvalue weighted by atomic mass is 10.1. The normalized spacial score (nSPS) is 12.3. The summed E-state index contributed by atoms with van der Waals surface area (Å²) in [6.45, 7) is 5.36. The molecule has 1 aromatic carbocycles. The minimum Gasteiger partial charge on any atom is -0.310 e. The van der Waals surface area contributed by atoms with Crippen LogP contribution < -0.4 is 5.32 Å². The molecule has 1 N–H and O–H groups in total. The van der Waals surface area contributed by atoms with Crippen LogP contribution in [-0.4, -0.2) is 11.5 Å². The third-order valence-corrected chi connectivity index (χ3v) is 4.24. The number of benzene rings is 1. The molecule has 0 aliphatic rings. The van der Waals surface area contributed by atoms with Gasteiger partial charge in [-0.15, -0.1) is 0 Å². The van der Waals surface area contributed by atoms with Gasteiger partial charge in [0.05, 0.1) is 0 Å². The standard InChI is InChI=1S/C16H19ClN2S/c1-3-9-18-12(2)15-8-5-10-19-16(15)20-14-7-4-6-13(17)11-14/h4-8,10-12,18H,3,9H2,1-2H3. The summed E-state index contributed by atoms with van der Waals surface area (Å²) < 4.78 is 0. The van der Waals surface area contributed by atoms with Gasteiger partial charge in [0.2, 0.25) is 0 Å². The van der Waals surface area contributed by atoms with E-state index < -0.39 is 0 Å². The third-order valence-electron chi connectivity index (χ3n) is 2.98. The van der Waals surface area contributed by atoms with Gasteiger partial charge in [-0.05, 0) is 44.2 Å². The highest BCUT2D eigenvalue weighted by molar-refractivity contribution is 7.99. The molecule has 0 saturated carbocycles. The number of nitrogens with one attached hydrogen (secondary N) is 1. The Morgan fingerprint density at radius 1 is 1.30 bits per heavy atom. The molecule has 0 fully saturated rings. The Hall–Kier alpha value is -1.03. The topological polar surface area (TPSA) is 24.9 Å². The number of rotatable bonds is 6. The van der Waals surface area contributed by atoms with Gasteiger partial charge in [0, 0.05) is 27.7 Å². The van der Waals surface area contributed by atoms with Gasteiger partial charge >= 0.3 is 0 Å². The monoisotopic (exact) mass is 306 g/mol. The summed E-state index contributed by atoms with van der Waals surface area (Å²) in [4.78, 5) is 5.62. The molecule has 106 valence electrons. The van der Waals surface area contributed by atoms with E-state index in [1.807, 2.05) is 30.5 Å². The Labute approximate surface area is 130 Å². The van der Waals surface area contributed by atoms with E-state index in [-0.39, 0.29) is 0 Å². The van der Waals surface area contributed by atoms with Gasteiger partial charge in [0.25, 0.3) is 0 Å². The molecule has 0 spiro atoms. The first-order valence-electron chi connectivity index (χ1n) is 6.82. The smallest absolute Gasteiger partial charge is 0.105 e. The van der Waals surface area contributed by atoms with Crippen LogP contribution in [0.3, 0.4) is 0 Å². The first kappa shape index (κ1) is 15.4. The molecule has 1 heterocycles. The summed E-state index contributed by atoms with van der Waals surface area (Å²) in [6.07, 6.45) is 2.96. The predicted octanol–water partition coefficient (Wildman–Crippen LogP) is 4.95. The lowest BCUT2D eigenvalue weighted by molar-refractivity contribution is 0.560. The zero-order valence-corrected chi connectivity index (χ0v) is 13.3. The lowest BCUT2D eigenvalue weighted by Gasteiger charge is -2.16. The molecule has 0 saturated heterocycles. The van der Waals surface area contributed by atoms with Crippen LogP contribution in [0, 0.1) is 0 Å². The van der Waals surface area contributed by atoms with Crippen LogP contribution in [0.1, 0.15) is 31.9 Å². The molecule has 0 amide bonds. The molecule has 2 rings (SSSR count). The second-order valence-electron chi connectivity index (χ2n) is 4.63. The minimum atomic E-state index is 0.297.